The Hall–Kier alpha value is -1.73. The molecular formula is C20H27N5O4S3. The molecule has 0 aliphatic carbocycles. The van der Waals surface area contributed by atoms with E-state index in [4.69, 9.17) is 4.74 Å². The number of benzene rings is 1. The molecule has 0 radical (unpaired) electrons. The average molecular weight is 498 g/mol. The first-order valence-electron chi connectivity index (χ1n) is 10.6. The fourth-order valence-electron chi connectivity index (χ4n) is 3.65. The van der Waals surface area contributed by atoms with Crippen molar-refractivity contribution in [2.24, 2.45) is 0 Å². The lowest BCUT2D eigenvalue weighted by Crippen LogP contribution is -2.51. The van der Waals surface area contributed by atoms with Crippen LogP contribution in [0.1, 0.15) is 18.4 Å². The Morgan fingerprint density at radius 3 is 2.69 bits per heavy atom. The summed E-state index contributed by atoms with van der Waals surface area (Å²) in [5.74, 6) is 0.230. The van der Waals surface area contributed by atoms with Gasteiger partial charge in [-0.25, -0.2) is 8.42 Å². The number of anilines is 1. The molecule has 0 unspecified atom stereocenters. The molecule has 1 aromatic heterocycles. The Bertz CT molecular complexity index is 988. The SMILES string of the molecule is O=C(CSc1nnc(NC[C@H]2CCCO2)s1)N1CCN(S(=O)(=O)Cc2ccccc2)CC1. The number of piperazine rings is 1. The second kappa shape index (κ2) is 10.9. The summed E-state index contributed by atoms with van der Waals surface area (Å²) in [6.07, 6.45) is 2.38. The molecule has 1 aromatic carbocycles. The van der Waals surface area contributed by atoms with Crippen LogP contribution in [0.5, 0.6) is 0 Å². The van der Waals surface area contributed by atoms with Gasteiger partial charge < -0.3 is 15.0 Å². The highest BCUT2D eigenvalue weighted by Crippen LogP contribution is 2.26. The minimum atomic E-state index is -3.39. The number of hydrogen-bond donors (Lipinski definition) is 1. The number of carbonyl (C=O) groups is 1. The summed E-state index contributed by atoms with van der Waals surface area (Å²) in [6, 6.07) is 9.15. The van der Waals surface area contributed by atoms with E-state index in [9.17, 15) is 13.2 Å². The van der Waals surface area contributed by atoms with Crippen LogP contribution in [0.15, 0.2) is 34.7 Å². The summed E-state index contributed by atoms with van der Waals surface area (Å²) in [4.78, 5) is 14.3. The largest absolute Gasteiger partial charge is 0.376 e. The number of thioether (sulfide) groups is 1. The maximum absolute atomic E-state index is 12.7. The summed E-state index contributed by atoms with van der Waals surface area (Å²) in [7, 11) is -3.39. The highest BCUT2D eigenvalue weighted by Gasteiger charge is 2.29. The van der Waals surface area contributed by atoms with Gasteiger partial charge in [0.1, 0.15) is 0 Å². The van der Waals surface area contributed by atoms with Crippen molar-refractivity contribution < 1.29 is 17.9 Å². The van der Waals surface area contributed by atoms with E-state index in [-0.39, 0.29) is 23.5 Å². The van der Waals surface area contributed by atoms with Gasteiger partial charge in [0.25, 0.3) is 0 Å². The third-order valence-electron chi connectivity index (χ3n) is 5.41. The lowest BCUT2D eigenvalue weighted by Gasteiger charge is -2.34. The lowest BCUT2D eigenvalue weighted by atomic mass is 10.2. The molecule has 2 saturated heterocycles. The van der Waals surface area contributed by atoms with Crippen molar-refractivity contribution in [2.45, 2.75) is 29.0 Å². The highest BCUT2D eigenvalue weighted by molar-refractivity contribution is 8.01. The Morgan fingerprint density at radius 2 is 1.97 bits per heavy atom. The lowest BCUT2D eigenvalue weighted by molar-refractivity contribution is -0.129. The standard InChI is InChI=1S/C20H27N5O4S3/c26-18(14-30-20-23-22-19(31-20)21-13-17-7-4-12-29-17)24-8-10-25(11-9-24)32(27,28)15-16-5-2-1-3-6-16/h1-3,5-6,17H,4,7-15H2,(H,21,22)/t17-/m1/s1. The first kappa shape index (κ1) is 23.4. The fraction of sp³-hybridized carbons (Fsp3) is 0.550. The van der Waals surface area contributed by atoms with Gasteiger partial charge in [0.15, 0.2) is 4.34 Å². The predicted molar refractivity (Wildman–Crippen MR) is 125 cm³/mol. The molecule has 2 aromatic rings. The number of carbonyl (C=O) groups excluding carboxylic acids is 1. The van der Waals surface area contributed by atoms with Gasteiger partial charge in [-0.2, -0.15) is 4.31 Å². The molecule has 0 bridgehead atoms. The fourth-order valence-corrected chi connectivity index (χ4v) is 6.83. The predicted octanol–water partition coefficient (Wildman–Crippen LogP) is 1.90. The first-order valence-corrected chi connectivity index (χ1v) is 14.0. The number of nitrogens with zero attached hydrogens (tertiary/aromatic N) is 4. The zero-order valence-corrected chi connectivity index (χ0v) is 20.1. The van der Waals surface area contributed by atoms with Crippen LogP contribution in [0.2, 0.25) is 0 Å². The van der Waals surface area contributed by atoms with E-state index in [0.29, 0.717) is 26.2 Å². The van der Waals surface area contributed by atoms with Crippen molar-refractivity contribution in [3.8, 4) is 0 Å². The Labute approximate surface area is 196 Å². The van der Waals surface area contributed by atoms with Gasteiger partial charge in [0, 0.05) is 39.3 Å². The molecule has 174 valence electrons. The minimum absolute atomic E-state index is 0.0147. The zero-order valence-electron chi connectivity index (χ0n) is 17.7. The number of amides is 1. The second-order valence-corrected chi connectivity index (χ2v) is 11.9. The Morgan fingerprint density at radius 1 is 1.19 bits per heavy atom. The number of ether oxygens (including phenoxy) is 1. The molecule has 1 amide bonds. The number of hydrogen-bond acceptors (Lipinski definition) is 9. The van der Waals surface area contributed by atoms with Gasteiger partial charge in [-0.05, 0) is 18.4 Å². The molecule has 9 nitrogen and oxygen atoms in total. The van der Waals surface area contributed by atoms with Crippen LogP contribution in [0.4, 0.5) is 5.13 Å². The topological polar surface area (TPSA) is 105 Å². The molecule has 2 aliphatic rings. The summed E-state index contributed by atoms with van der Waals surface area (Å²) in [5.41, 5.74) is 0.768. The van der Waals surface area contributed by atoms with Gasteiger partial charge in [-0.1, -0.05) is 53.4 Å². The number of rotatable bonds is 9. The Balaban J connectivity index is 1.19. The van der Waals surface area contributed by atoms with Gasteiger partial charge in [-0.3, -0.25) is 4.79 Å². The van der Waals surface area contributed by atoms with Crippen LogP contribution >= 0.6 is 23.1 Å². The molecule has 12 heteroatoms. The molecule has 0 spiro atoms. The summed E-state index contributed by atoms with van der Waals surface area (Å²) >= 11 is 2.79. The van der Waals surface area contributed by atoms with E-state index in [0.717, 1.165) is 41.0 Å². The molecule has 0 saturated carbocycles. The van der Waals surface area contributed by atoms with E-state index in [1.807, 2.05) is 30.3 Å². The highest BCUT2D eigenvalue weighted by atomic mass is 32.2. The molecule has 2 aliphatic heterocycles. The third kappa shape index (κ3) is 6.41. The minimum Gasteiger partial charge on any atom is -0.376 e. The van der Waals surface area contributed by atoms with Gasteiger partial charge >= 0.3 is 0 Å². The summed E-state index contributed by atoms with van der Waals surface area (Å²) in [6.45, 7) is 2.98. The molecule has 32 heavy (non-hydrogen) atoms. The Kier molecular flexibility index (Phi) is 8.00. The first-order chi connectivity index (χ1) is 15.5. The van der Waals surface area contributed by atoms with Crippen molar-refractivity contribution in [3.63, 3.8) is 0 Å². The summed E-state index contributed by atoms with van der Waals surface area (Å²) < 4.78 is 33.1. The summed E-state index contributed by atoms with van der Waals surface area (Å²) in [5, 5.41) is 12.2. The van der Waals surface area contributed by atoms with E-state index >= 15 is 0 Å². The smallest absolute Gasteiger partial charge is 0.233 e. The van der Waals surface area contributed by atoms with Crippen LogP contribution in [0.3, 0.4) is 0 Å². The molecule has 4 rings (SSSR count). The van der Waals surface area contributed by atoms with E-state index in [1.165, 1.54) is 27.4 Å². The van der Waals surface area contributed by atoms with Crippen molar-refractivity contribution in [3.05, 3.63) is 35.9 Å². The molecule has 3 heterocycles. The van der Waals surface area contributed by atoms with Crippen molar-refractivity contribution >= 4 is 44.2 Å². The molecule has 1 N–H and O–H groups in total. The maximum atomic E-state index is 12.7. The van der Waals surface area contributed by atoms with Gasteiger partial charge in [0.05, 0.1) is 17.6 Å². The quantitative estimate of drug-likeness (QED) is 0.524. The number of aromatic nitrogens is 2. The monoisotopic (exact) mass is 497 g/mol. The van der Waals surface area contributed by atoms with Gasteiger partial charge in [0.2, 0.25) is 21.1 Å². The van der Waals surface area contributed by atoms with Crippen molar-refractivity contribution in [2.75, 3.05) is 50.4 Å². The molecule has 2 fully saturated rings. The molecule has 1 atom stereocenters. The van der Waals surface area contributed by atoms with Crippen molar-refractivity contribution in [1.82, 2.24) is 19.4 Å². The van der Waals surface area contributed by atoms with Crippen LogP contribution in [0.25, 0.3) is 0 Å². The van der Waals surface area contributed by atoms with Gasteiger partial charge in [-0.15, -0.1) is 10.2 Å². The maximum Gasteiger partial charge on any atom is 0.233 e. The van der Waals surface area contributed by atoms with E-state index in [2.05, 4.69) is 15.5 Å². The zero-order chi connectivity index (χ0) is 22.4. The number of sulfonamides is 1. The molecular weight excluding hydrogens is 470 g/mol. The normalized spacial score (nSPS) is 19.9. The van der Waals surface area contributed by atoms with Crippen LogP contribution in [-0.2, 0) is 25.3 Å². The van der Waals surface area contributed by atoms with Crippen LogP contribution in [-0.4, -0.2) is 84.9 Å². The van der Waals surface area contributed by atoms with E-state index < -0.39 is 10.0 Å². The number of nitrogens with one attached hydrogen (secondary N) is 1. The van der Waals surface area contributed by atoms with Crippen molar-refractivity contribution in [1.29, 1.82) is 0 Å². The van der Waals surface area contributed by atoms with Crippen LogP contribution < -0.4 is 5.32 Å². The van der Waals surface area contributed by atoms with E-state index in [1.54, 1.807) is 4.90 Å². The second-order valence-electron chi connectivity index (χ2n) is 7.70. The average Bonchev–Trinajstić information content (AvgIpc) is 3.48. The third-order valence-corrected chi connectivity index (χ3v) is 9.26. The van der Waals surface area contributed by atoms with Crippen LogP contribution in [0, 0.1) is 0 Å².